The molecule has 1 fully saturated rings. The summed E-state index contributed by atoms with van der Waals surface area (Å²) in [4.78, 5) is 49.5. The lowest BCUT2D eigenvalue weighted by atomic mass is 10.1. The number of benzene rings is 3. The van der Waals surface area contributed by atoms with Gasteiger partial charge in [-0.05, 0) is 65.4 Å². The van der Waals surface area contributed by atoms with Crippen LogP contribution in [0, 0.1) is 10.1 Å². The lowest BCUT2D eigenvalue weighted by Crippen LogP contribution is -2.36. The van der Waals surface area contributed by atoms with Gasteiger partial charge < -0.3 is 19.5 Å². The number of thioether (sulfide) groups is 1. The third-order valence-corrected chi connectivity index (χ3v) is 7.23. The molecule has 4 rings (SSSR count). The Morgan fingerprint density at radius 1 is 1.07 bits per heavy atom. The Labute approximate surface area is 241 Å². The Bertz CT molecular complexity index is 1510. The van der Waals surface area contributed by atoms with E-state index in [-0.39, 0.29) is 17.2 Å². The van der Waals surface area contributed by atoms with Gasteiger partial charge in [0.25, 0.3) is 16.8 Å². The van der Waals surface area contributed by atoms with Crippen LogP contribution in [0.2, 0.25) is 0 Å². The molecular weight excluding hydrogens is 606 g/mol. The number of halogens is 1. The highest BCUT2D eigenvalue weighted by Crippen LogP contribution is 2.38. The molecule has 13 heteroatoms. The zero-order chi connectivity index (χ0) is 28.8. The number of amides is 3. The van der Waals surface area contributed by atoms with Crippen molar-refractivity contribution in [2.75, 3.05) is 26.1 Å². The molecule has 0 saturated carbocycles. The number of ether oxygens (including phenoxy) is 3. The minimum absolute atomic E-state index is 0.0447. The molecule has 0 aromatic heterocycles. The third kappa shape index (κ3) is 6.79. The van der Waals surface area contributed by atoms with E-state index in [1.807, 2.05) is 0 Å². The van der Waals surface area contributed by atoms with Gasteiger partial charge in [0.1, 0.15) is 18.9 Å². The first-order valence-electron chi connectivity index (χ1n) is 11.6. The number of carbonyl (C=O) groups excluding carboxylic acids is 3. The van der Waals surface area contributed by atoms with Gasteiger partial charge in [0, 0.05) is 22.3 Å². The Balaban J connectivity index is 1.45. The number of anilines is 1. The van der Waals surface area contributed by atoms with Crippen molar-refractivity contribution in [3.63, 3.8) is 0 Å². The summed E-state index contributed by atoms with van der Waals surface area (Å²) in [6.07, 6.45) is 1.52. The highest BCUT2D eigenvalue weighted by Gasteiger charge is 2.36. The molecule has 0 spiro atoms. The quantitative estimate of drug-likeness (QED) is 0.172. The van der Waals surface area contributed by atoms with Crippen molar-refractivity contribution in [1.29, 1.82) is 0 Å². The van der Waals surface area contributed by atoms with Gasteiger partial charge in [-0.25, -0.2) is 0 Å². The van der Waals surface area contributed by atoms with Crippen LogP contribution in [0.3, 0.4) is 0 Å². The summed E-state index contributed by atoms with van der Waals surface area (Å²) < 4.78 is 16.9. The van der Waals surface area contributed by atoms with E-state index in [0.29, 0.717) is 38.5 Å². The van der Waals surface area contributed by atoms with Gasteiger partial charge in [-0.3, -0.25) is 29.4 Å². The number of nitrogens with one attached hydrogen (secondary N) is 1. The highest BCUT2D eigenvalue weighted by molar-refractivity contribution is 9.10. The van der Waals surface area contributed by atoms with Crippen molar-refractivity contribution in [2.45, 2.75) is 6.61 Å². The molecule has 1 aliphatic heterocycles. The molecule has 3 amide bonds. The summed E-state index contributed by atoms with van der Waals surface area (Å²) in [5.74, 6) is 0.205. The van der Waals surface area contributed by atoms with Gasteiger partial charge in [0.2, 0.25) is 5.91 Å². The Hall–Kier alpha value is -4.36. The number of rotatable bonds is 10. The number of nitro groups is 1. The van der Waals surface area contributed by atoms with Crippen molar-refractivity contribution in [3.8, 4) is 17.2 Å². The molecule has 206 valence electrons. The zero-order valence-corrected chi connectivity index (χ0v) is 23.6. The monoisotopic (exact) mass is 627 g/mol. The number of imide groups is 1. The highest BCUT2D eigenvalue weighted by atomic mass is 79.9. The zero-order valence-electron chi connectivity index (χ0n) is 21.2. The van der Waals surface area contributed by atoms with Gasteiger partial charge in [0.15, 0.2) is 11.5 Å². The van der Waals surface area contributed by atoms with E-state index in [1.165, 1.54) is 32.4 Å². The lowest BCUT2D eigenvalue weighted by molar-refractivity contribution is -0.384. The van der Waals surface area contributed by atoms with Crippen molar-refractivity contribution < 1.29 is 33.5 Å². The fourth-order valence-corrected chi connectivity index (χ4v) is 4.92. The van der Waals surface area contributed by atoms with E-state index >= 15 is 0 Å². The topological polar surface area (TPSA) is 137 Å². The first-order valence-corrected chi connectivity index (χ1v) is 13.2. The van der Waals surface area contributed by atoms with Crippen molar-refractivity contribution in [1.82, 2.24) is 4.90 Å². The maximum Gasteiger partial charge on any atom is 0.294 e. The van der Waals surface area contributed by atoms with Crippen LogP contribution in [-0.2, 0) is 16.2 Å². The second-order valence-corrected chi connectivity index (χ2v) is 10.1. The maximum atomic E-state index is 13.0. The van der Waals surface area contributed by atoms with E-state index in [9.17, 15) is 24.5 Å². The molecule has 0 bridgehead atoms. The van der Waals surface area contributed by atoms with Crippen LogP contribution in [0.15, 0.2) is 70.0 Å². The van der Waals surface area contributed by atoms with Crippen LogP contribution < -0.4 is 19.5 Å². The van der Waals surface area contributed by atoms with Crippen LogP contribution in [0.25, 0.3) is 6.08 Å². The van der Waals surface area contributed by atoms with Crippen LogP contribution >= 0.6 is 27.7 Å². The van der Waals surface area contributed by atoms with Gasteiger partial charge in [-0.2, -0.15) is 0 Å². The Morgan fingerprint density at radius 2 is 1.82 bits per heavy atom. The summed E-state index contributed by atoms with van der Waals surface area (Å²) >= 11 is 4.17. The van der Waals surface area contributed by atoms with E-state index in [4.69, 9.17) is 14.2 Å². The van der Waals surface area contributed by atoms with Gasteiger partial charge in [-0.15, -0.1) is 0 Å². The molecule has 1 heterocycles. The molecule has 0 atom stereocenters. The van der Waals surface area contributed by atoms with Crippen molar-refractivity contribution in [3.05, 3.63) is 91.3 Å². The maximum absolute atomic E-state index is 13.0. The molecule has 1 N–H and O–H groups in total. The predicted octanol–water partition coefficient (Wildman–Crippen LogP) is 5.63. The molecule has 1 aliphatic rings. The standard InChI is InChI=1S/C27H22BrN3O8S/c1-37-20-8-6-18(7-9-20)29-25(32)14-30-26(33)24(40-27(30)34)12-17-11-22(38-2)23(13-21(17)28)39-15-16-4-3-5-19(10-16)31(35)36/h3-13H,14-15H2,1-2H3,(H,29,32)/b24-12+. The lowest BCUT2D eigenvalue weighted by Gasteiger charge is -2.13. The van der Waals surface area contributed by atoms with Crippen LogP contribution in [0.4, 0.5) is 16.2 Å². The molecule has 40 heavy (non-hydrogen) atoms. The van der Waals surface area contributed by atoms with Crippen molar-refractivity contribution >= 4 is 62.2 Å². The summed E-state index contributed by atoms with van der Waals surface area (Å²) in [7, 11) is 2.98. The van der Waals surface area contributed by atoms with Crippen LogP contribution in [0.1, 0.15) is 11.1 Å². The summed E-state index contributed by atoms with van der Waals surface area (Å²) in [5, 5.41) is 13.1. The molecule has 3 aromatic rings. The average Bonchev–Trinajstić information content (AvgIpc) is 3.20. The predicted molar refractivity (Wildman–Crippen MR) is 152 cm³/mol. The van der Waals surface area contributed by atoms with E-state index < -0.39 is 28.5 Å². The van der Waals surface area contributed by atoms with Gasteiger partial charge in [-0.1, -0.05) is 28.1 Å². The third-order valence-electron chi connectivity index (χ3n) is 5.63. The fourth-order valence-electron chi connectivity index (χ4n) is 3.65. The first-order chi connectivity index (χ1) is 19.2. The SMILES string of the molecule is COc1ccc(NC(=O)CN2C(=O)S/C(=C/c3cc(OC)c(OCc4cccc([N+](=O)[O-])c4)cc3Br)C2=O)cc1. The number of hydrogen-bond acceptors (Lipinski definition) is 9. The summed E-state index contributed by atoms with van der Waals surface area (Å²) in [5.41, 5.74) is 1.59. The summed E-state index contributed by atoms with van der Waals surface area (Å²) in [6.45, 7) is -0.385. The fraction of sp³-hybridized carbons (Fsp3) is 0.148. The Morgan fingerprint density at radius 3 is 2.50 bits per heavy atom. The second-order valence-electron chi connectivity index (χ2n) is 8.28. The molecule has 3 aromatic carbocycles. The number of hydrogen-bond donors (Lipinski definition) is 1. The van der Waals surface area contributed by atoms with E-state index in [0.717, 1.165) is 16.7 Å². The normalized spacial score (nSPS) is 13.9. The minimum atomic E-state index is -0.600. The second kappa shape index (κ2) is 12.7. The van der Waals surface area contributed by atoms with Crippen LogP contribution in [0.5, 0.6) is 17.2 Å². The number of nitrogens with zero attached hydrogens (tertiary/aromatic N) is 2. The molecule has 1 saturated heterocycles. The van der Waals surface area contributed by atoms with Crippen molar-refractivity contribution in [2.24, 2.45) is 0 Å². The first kappa shape index (κ1) is 28.6. The van der Waals surface area contributed by atoms with Gasteiger partial charge >= 0.3 is 0 Å². The number of methoxy groups -OCH3 is 2. The molecule has 0 unspecified atom stereocenters. The van der Waals surface area contributed by atoms with E-state index in [2.05, 4.69) is 21.2 Å². The van der Waals surface area contributed by atoms with Crippen LogP contribution in [-0.4, -0.2) is 47.6 Å². The minimum Gasteiger partial charge on any atom is -0.497 e. The molecular formula is C27H22BrN3O8S. The Kier molecular flexibility index (Phi) is 9.07. The molecule has 0 aliphatic carbocycles. The number of carbonyl (C=O) groups is 3. The van der Waals surface area contributed by atoms with Gasteiger partial charge in [0.05, 0.1) is 24.0 Å². The smallest absolute Gasteiger partial charge is 0.294 e. The number of non-ortho nitro benzene ring substituents is 1. The molecule has 0 radical (unpaired) electrons. The van der Waals surface area contributed by atoms with E-state index in [1.54, 1.807) is 48.5 Å². The average molecular weight is 628 g/mol. The summed E-state index contributed by atoms with van der Waals surface area (Å²) in [6, 6.07) is 16.0. The molecule has 11 nitrogen and oxygen atoms in total. The largest absolute Gasteiger partial charge is 0.497 e. The number of nitro benzene ring substituents is 1.